The maximum Gasteiger partial charge on any atom is 0.310 e. The summed E-state index contributed by atoms with van der Waals surface area (Å²) >= 11 is 1.24. The minimum absolute atomic E-state index is 0.0708. The van der Waals surface area contributed by atoms with E-state index in [-0.39, 0.29) is 27.0 Å². The second-order valence-electron chi connectivity index (χ2n) is 7.23. The molecular formula is C25H24N3O5S2+. The molecule has 2 aromatic carbocycles. The summed E-state index contributed by atoms with van der Waals surface area (Å²) in [5, 5.41) is 11.9. The highest BCUT2D eigenvalue weighted by atomic mass is 32.2. The Bertz CT molecular complexity index is 1490. The van der Waals surface area contributed by atoms with Crippen LogP contribution in [-0.2, 0) is 14.9 Å². The fourth-order valence-electron chi connectivity index (χ4n) is 3.26. The lowest BCUT2D eigenvalue weighted by molar-refractivity contribution is -0.758. The molecule has 0 saturated carbocycles. The molecule has 0 aliphatic carbocycles. The number of allylic oxidation sites excluding steroid dienone is 2. The van der Waals surface area contributed by atoms with Gasteiger partial charge in [0.2, 0.25) is 0 Å². The van der Waals surface area contributed by atoms with Crippen LogP contribution in [-0.4, -0.2) is 30.5 Å². The van der Waals surface area contributed by atoms with Crippen LogP contribution in [0.15, 0.2) is 88.8 Å². The number of nitrogens with zero attached hydrogens (tertiary/aromatic N) is 2. The summed E-state index contributed by atoms with van der Waals surface area (Å²) in [6.45, 7) is 12.3. The second-order valence-corrected chi connectivity index (χ2v) is 10.2. The summed E-state index contributed by atoms with van der Waals surface area (Å²) in [5.41, 5.74) is 1.37. The molecule has 1 aromatic heterocycles. The first-order chi connectivity index (χ1) is 16.6. The number of sulfonamides is 1. The number of hydrogen-bond donors (Lipinski definition) is 2. The molecule has 0 aliphatic heterocycles. The van der Waals surface area contributed by atoms with E-state index in [0.29, 0.717) is 16.0 Å². The fourth-order valence-corrected chi connectivity index (χ4v) is 5.20. The summed E-state index contributed by atoms with van der Waals surface area (Å²) in [6.07, 6.45) is 5.61. The van der Waals surface area contributed by atoms with Gasteiger partial charge < -0.3 is 5.11 Å². The molecule has 2 N–H and O–H groups in total. The number of aromatic nitrogens is 1. The number of phenols is 1. The third-order valence-electron chi connectivity index (χ3n) is 5.01. The van der Waals surface area contributed by atoms with Gasteiger partial charge in [0.05, 0.1) is 25.9 Å². The SMILES string of the molecule is C=Cc1c(NS(=O)(=O)/C(C)=C/C(=C)[N+](=O)OC)cc(Sc2cccc3cccnc23)c(O)c1C=C. The Labute approximate surface area is 207 Å². The van der Waals surface area contributed by atoms with Crippen molar-refractivity contribution in [2.45, 2.75) is 16.7 Å². The van der Waals surface area contributed by atoms with Crippen LogP contribution in [0.3, 0.4) is 0 Å². The van der Waals surface area contributed by atoms with Crippen LogP contribution in [0.25, 0.3) is 23.1 Å². The standard InChI is InChI=1S/C25H23N3O5S2/c1-6-19-20(7-2)25(29)23(34-22-12-8-10-18-11-9-13-26-24(18)22)15-21(19)27-35(31,32)17(4)14-16(3)28(30)33-5/h6-15,27H,1-3H2,4-5H3/p+1/b17-14+. The number of para-hydroxylation sites is 1. The number of hydrogen-bond acceptors (Lipinski definition) is 7. The Morgan fingerprint density at radius 2 is 1.86 bits per heavy atom. The first-order valence-electron chi connectivity index (χ1n) is 10.2. The van der Waals surface area contributed by atoms with Crippen LogP contribution >= 0.6 is 11.8 Å². The maximum atomic E-state index is 13.0. The molecule has 0 radical (unpaired) electrons. The fraction of sp³-hybridized carbons (Fsp3) is 0.0800. The van der Waals surface area contributed by atoms with E-state index in [1.165, 1.54) is 36.9 Å². The Kier molecular flexibility index (Phi) is 7.78. The number of nitrogens with one attached hydrogen (secondary N) is 1. The van der Waals surface area contributed by atoms with Crippen molar-refractivity contribution in [3.63, 3.8) is 0 Å². The molecule has 0 fully saturated rings. The van der Waals surface area contributed by atoms with Crippen LogP contribution < -0.4 is 4.72 Å². The van der Waals surface area contributed by atoms with Gasteiger partial charge in [-0.1, -0.05) is 55.3 Å². The van der Waals surface area contributed by atoms with Gasteiger partial charge in [-0.3, -0.25) is 9.71 Å². The number of phenolic OH excluding ortho intramolecular Hbond substituents is 1. The largest absolute Gasteiger partial charge is 0.506 e. The minimum atomic E-state index is -4.10. The van der Waals surface area contributed by atoms with E-state index in [9.17, 15) is 18.4 Å². The van der Waals surface area contributed by atoms with Gasteiger partial charge in [0.1, 0.15) is 5.75 Å². The third-order valence-corrected chi connectivity index (χ3v) is 7.54. The zero-order valence-electron chi connectivity index (χ0n) is 19.2. The molecule has 180 valence electrons. The van der Waals surface area contributed by atoms with Crippen LogP contribution in [0, 0.1) is 4.91 Å². The Morgan fingerprint density at radius 1 is 1.17 bits per heavy atom. The van der Waals surface area contributed by atoms with Crippen LogP contribution in [0.2, 0.25) is 0 Å². The first kappa shape index (κ1) is 25.7. The number of fused-ring (bicyclic) bond motifs is 1. The van der Waals surface area contributed by atoms with Crippen molar-refractivity contribution in [3.05, 3.63) is 95.0 Å². The van der Waals surface area contributed by atoms with Gasteiger partial charge in [0.15, 0.2) is 7.11 Å². The van der Waals surface area contributed by atoms with Gasteiger partial charge in [-0.2, -0.15) is 0 Å². The molecular weight excluding hydrogens is 486 g/mol. The highest BCUT2D eigenvalue weighted by Crippen LogP contribution is 2.44. The van der Waals surface area contributed by atoms with Crippen molar-refractivity contribution in [3.8, 4) is 5.75 Å². The topological polar surface area (TPSA) is 109 Å². The van der Waals surface area contributed by atoms with Crippen molar-refractivity contribution < 1.29 is 23.3 Å². The average Bonchev–Trinajstić information content (AvgIpc) is 2.84. The minimum Gasteiger partial charge on any atom is -0.506 e. The van der Waals surface area contributed by atoms with Gasteiger partial charge in [0, 0.05) is 33.7 Å². The molecule has 10 heteroatoms. The van der Waals surface area contributed by atoms with Crippen molar-refractivity contribution >= 4 is 50.5 Å². The molecule has 0 amide bonds. The molecule has 1 heterocycles. The first-order valence-corrected chi connectivity index (χ1v) is 12.5. The summed E-state index contributed by atoms with van der Waals surface area (Å²) in [6, 6.07) is 10.9. The van der Waals surface area contributed by atoms with Crippen molar-refractivity contribution in [2.75, 3.05) is 11.8 Å². The summed E-state index contributed by atoms with van der Waals surface area (Å²) in [4.78, 5) is 21.5. The normalized spacial score (nSPS) is 11.7. The highest BCUT2D eigenvalue weighted by Gasteiger charge is 2.23. The molecule has 0 bridgehead atoms. The third kappa shape index (κ3) is 5.44. The van der Waals surface area contributed by atoms with E-state index in [1.54, 1.807) is 6.20 Å². The van der Waals surface area contributed by atoms with E-state index in [2.05, 4.69) is 34.3 Å². The zero-order chi connectivity index (χ0) is 25.8. The van der Waals surface area contributed by atoms with Gasteiger partial charge in [-0.15, -0.1) is 0 Å². The van der Waals surface area contributed by atoms with Gasteiger partial charge in [-0.25, -0.2) is 13.3 Å². The maximum absolute atomic E-state index is 13.0. The van der Waals surface area contributed by atoms with E-state index in [1.807, 2.05) is 30.3 Å². The summed E-state index contributed by atoms with van der Waals surface area (Å²) in [7, 11) is -2.96. The highest BCUT2D eigenvalue weighted by molar-refractivity contribution is 7.99. The zero-order valence-corrected chi connectivity index (χ0v) is 20.8. The Morgan fingerprint density at radius 3 is 2.51 bits per heavy atom. The van der Waals surface area contributed by atoms with Crippen molar-refractivity contribution in [1.29, 1.82) is 0 Å². The lowest BCUT2D eigenvalue weighted by Crippen LogP contribution is -2.16. The summed E-state index contributed by atoms with van der Waals surface area (Å²) in [5.74, 6) is -0.0708. The second kappa shape index (κ2) is 10.6. The lowest BCUT2D eigenvalue weighted by Gasteiger charge is -2.17. The molecule has 0 aliphatic rings. The van der Waals surface area contributed by atoms with E-state index < -0.39 is 10.0 Å². The van der Waals surface area contributed by atoms with E-state index in [4.69, 9.17) is 0 Å². The number of aromatic hydroxyl groups is 1. The Balaban J connectivity index is 2.10. The number of anilines is 1. The van der Waals surface area contributed by atoms with E-state index in [0.717, 1.165) is 29.0 Å². The molecule has 0 saturated heterocycles. The smallest absolute Gasteiger partial charge is 0.310 e. The van der Waals surface area contributed by atoms with Crippen LogP contribution in [0.5, 0.6) is 5.75 Å². The lowest BCUT2D eigenvalue weighted by atomic mass is 10.0. The van der Waals surface area contributed by atoms with Gasteiger partial charge in [-0.05, 0) is 31.7 Å². The number of pyridine rings is 1. The quantitative estimate of drug-likeness (QED) is 0.199. The van der Waals surface area contributed by atoms with Crippen LogP contribution in [0.1, 0.15) is 18.1 Å². The van der Waals surface area contributed by atoms with Crippen molar-refractivity contribution in [1.82, 2.24) is 4.98 Å². The van der Waals surface area contributed by atoms with Crippen LogP contribution in [0.4, 0.5) is 5.69 Å². The monoisotopic (exact) mass is 510 g/mol. The summed E-state index contributed by atoms with van der Waals surface area (Å²) < 4.78 is 28.6. The predicted molar refractivity (Wildman–Crippen MR) is 140 cm³/mol. The molecule has 35 heavy (non-hydrogen) atoms. The molecule has 0 unspecified atom stereocenters. The van der Waals surface area contributed by atoms with Gasteiger partial charge >= 0.3 is 5.70 Å². The predicted octanol–water partition coefficient (Wildman–Crippen LogP) is 5.88. The van der Waals surface area contributed by atoms with Crippen molar-refractivity contribution in [2.24, 2.45) is 0 Å². The molecule has 8 nitrogen and oxygen atoms in total. The number of rotatable bonds is 10. The Hall–Kier alpha value is -3.89. The van der Waals surface area contributed by atoms with E-state index >= 15 is 0 Å². The molecule has 0 spiro atoms. The number of benzene rings is 2. The molecule has 3 rings (SSSR count). The molecule has 3 aromatic rings. The van der Waals surface area contributed by atoms with Gasteiger partial charge in [0.25, 0.3) is 14.9 Å². The molecule has 0 atom stereocenters. The average molecular weight is 511 g/mol.